The second-order valence-electron chi connectivity index (χ2n) is 4.77. The van der Waals surface area contributed by atoms with E-state index in [0.717, 1.165) is 21.3 Å². The lowest BCUT2D eigenvalue weighted by molar-refractivity contribution is -0.117. The molecule has 0 aromatic heterocycles. The fraction of sp³-hybridized carbons (Fsp3) is 0.188. The summed E-state index contributed by atoms with van der Waals surface area (Å²) < 4.78 is 0.850. The molecule has 1 atom stereocenters. The molecule has 2 rings (SSSR count). The zero-order chi connectivity index (χ0) is 14.5. The van der Waals surface area contributed by atoms with Gasteiger partial charge in [-0.15, -0.1) is 0 Å². The van der Waals surface area contributed by atoms with Gasteiger partial charge in [-0.25, -0.2) is 0 Å². The van der Waals surface area contributed by atoms with E-state index >= 15 is 0 Å². The molecule has 0 saturated heterocycles. The van der Waals surface area contributed by atoms with Crippen molar-refractivity contribution in [3.8, 4) is 0 Å². The van der Waals surface area contributed by atoms with Gasteiger partial charge in [-0.3, -0.25) is 4.79 Å². The molecule has 0 heterocycles. The maximum Gasteiger partial charge on any atom is 0.241 e. The van der Waals surface area contributed by atoms with E-state index in [1.54, 1.807) is 0 Å². The number of hydrogen-bond donors (Lipinski definition) is 2. The van der Waals surface area contributed by atoms with E-state index in [0.29, 0.717) is 6.42 Å². The van der Waals surface area contributed by atoms with Crippen molar-refractivity contribution in [3.63, 3.8) is 0 Å². The van der Waals surface area contributed by atoms with Crippen molar-refractivity contribution in [1.29, 1.82) is 0 Å². The van der Waals surface area contributed by atoms with E-state index < -0.39 is 6.04 Å². The van der Waals surface area contributed by atoms with Gasteiger partial charge in [0.25, 0.3) is 0 Å². The average molecular weight is 333 g/mol. The van der Waals surface area contributed by atoms with Gasteiger partial charge in [0.1, 0.15) is 0 Å². The van der Waals surface area contributed by atoms with E-state index in [-0.39, 0.29) is 5.91 Å². The Bertz CT molecular complexity index is 599. The fourth-order valence-electron chi connectivity index (χ4n) is 1.92. The maximum absolute atomic E-state index is 12.1. The predicted molar refractivity (Wildman–Crippen MR) is 85.6 cm³/mol. The second-order valence-corrected chi connectivity index (χ2v) is 5.62. The quantitative estimate of drug-likeness (QED) is 0.902. The summed E-state index contributed by atoms with van der Waals surface area (Å²) in [5.74, 6) is -0.180. The topological polar surface area (TPSA) is 55.1 Å². The Balaban J connectivity index is 2.02. The molecule has 4 heteroatoms. The van der Waals surface area contributed by atoms with Crippen LogP contribution in [0.4, 0.5) is 5.69 Å². The Morgan fingerprint density at radius 2 is 1.95 bits per heavy atom. The fourth-order valence-corrected chi connectivity index (χ4v) is 2.27. The summed E-state index contributed by atoms with van der Waals surface area (Å²) in [4.78, 5) is 12.1. The number of hydrogen-bond acceptors (Lipinski definition) is 2. The van der Waals surface area contributed by atoms with Crippen LogP contribution in [0, 0.1) is 6.92 Å². The first kappa shape index (κ1) is 14.8. The molecule has 0 aliphatic carbocycles. The molecule has 0 saturated carbocycles. The number of benzene rings is 2. The van der Waals surface area contributed by atoms with Crippen LogP contribution in [0.3, 0.4) is 0 Å². The molecule has 3 N–H and O–H groups in total. The van der Waals surface area contributed by atoms with Crippen molar-refractivity contribution < 1.29 is 4.79 Å². The molecule has 1 amide bonds. The Morgan fingerprint density at radius 3 is 2.65 bits per heavy atom. The molecular formula is C16H17BrN2O. The standard InChI is InChI=1S/C16H17BrN2O/c1-11-7-8-13(17)15(9-11)19-16(20)14(18)10-12-5-3-2-4-6-12/h2-9,14H,10,18H2,1H3,(H,19,20). The zero-order valence-electron chi connectivity index (χ0n) is 11.3. The SMILES string of the molecule is Cc1ccc(Br)c(NC(=O)C(N)Cc2ccccc2)c1. The normalized spacial score (nSPS) is 11.9. The van der Waals surface area contributed by atoms with Gasteiger partial charge in [-0.1, -0.05) is 36.4 Å². The van der Waals surface area contributed by atoms with Gasteiger partial charge in [0, 0.05) is 4.47 Å². The lowest BCUT2D eigenvalue weighted by Crippen LogP contribution is -2.37. The number of rotatable bonds is 4. The van der Waals surface area contributed by atoms with Crippen molar-refractivity contribution >= 4 is 27.5 Å². The molecule has 0 aliphatic rings. The third-order valence-corrected chi connectivity index (χ3v) is 3.71. The highest BCUT2D eigenvalue weighted by Gasteiger charge is 2.15. The van der Waals surface area contributed by atoms with Crippen molar-refractivity contribution in [3.05, 3.63) is 64.1 Å². The highest BCUT2D eigenvalue weighted by Crippen LogP contribution is 2.23. The second kappa shape index (κ2) is 6.68. The van der Waals surface area contributed by atoms with Gasteiger partial charge in [0.05, 0.1) is 11.7 Å². The van der Waals surface area contributed by atoms with Crippen LogP contribution in [-0.2, 0) is 11.2 Å². The van der Waals surface area contributed by atoms with Gasteiger partial charge in [0.2, 0.25) is 5.91 Å². The maximum atomic E-state index is 12.1. The first-order valence-electron chi connectivity index (χ1n) is 6.43. The van der Waals surface area contributed by atoms with Crippen LogP contribution in [0.2, 0.25) is 0 Å². The van der Waals surface area contributed by atoms with Gasteiger partial charge < -0.3 is 11.1 Å². The summed E-state index contributed by atoms with van der Waals surface area (Å²) in [5, 5.41) is 2.86. The van der Waals surface area contributed by atoms with Gasteiger partial charge in [0.15, 0.2) is 0 Å². The molecule has 0 fully saturated rings. The zero-order valence-corrected chi connectivity index (χ0v) is 12.9. The van der Waals surface area contributed by atoms with E-state index in [4.69, 9.17) is 5.73 Å². The number of nitrogens with one attached hydrogen (secondary N) is 1. The first-order valence-corrected chi connectivity index (χ1v) is 7.22. The molecule has 104 valence electrons. The first-order chi connectivity index (χ1) is 9.56. The minimum absolute atomic E-state index is 0.180. The molecule has 2 aromatic rings. The summed E-state index contributed by atoms with van der Waals surface area (Å²) in [6, 6.07) is 15.0. The number of carbonyl (C=O) groups is 1. The highest BCUT2D eigenvalue weighted by molar-refractivity contribution is 9.10. The van der Waals surface area contributed by atoms with Crippen LogP contribution in [0.15, 0.2) is 53.0 Å². The highest BCUT2D eigenvalue weighted by atomic mass is 79.9. The van der Waals surface area contributed by atoms with Crippen molar-refractivity contribution in [2.45, 2.75) is 19.4 Å². The van der Waals surface area contributed by atoms with Crippen LogP contribution >= 0.6 is 15.9 Å². The number of anilines is 1. The van der Waals surface area contributed by atoms with Crippen LogP contribution in [-0.4, -0.2) is 11.9 Å². The third-order valence-electron chi connectivity index (χ3n) is 3.01. The number of amides is 1. The summed E-state index contributed by atoms with van der Waals surface area (Å²) in [5.41, 5.74) is 8.84. The summed E-state index contributed by atoms with van der Waals surface area (Å²) >= 11 is 3.42. The Labute approximate surface area is 127 Å². The third kappa shape index (κ3) is 3.92. The minimum Gasteiger partial charge on any atom is -0.324 e. The summed E-state index contributed by atoms with van der Waals surface area (Å²) in [6.45, 7) is 1.98. The molecule has 0 spiro atoms. The molecule has 2 aromatic carbocycles. The van der Waals surface area contributed by atoms with E-state index in [9.17, 15) is 4.79 Å². The monoisotopic (exact) mass is 332 g/mol. The number of carbonyl (C=O) groups excluding carboxylic acids is 1. The lowest BCUT2D eigenvalue weighted by Gasteiger charge is -2.14. The molecule has 1 unspecified atom stereocenters. The van der Waals surface area contributed by atoms with Gasteiger partial charge in [-0.05, 0) is 52.5 Å². The average Bonchev–Trinajstić information content (AvgIpc) is 2.44. The number of aryl methyl sites for hydroxylation is 1. The van der Waals surface area contributed by atoms with Gasteiger partial charge >= 0.3 is 0 Å². The van der Waals surface area contributed by atoms with Crippen LogP contribution < -0.4 is 11.1 Å². The lowest BCUT2D eigenvalue weighted by atomic mass is 10.1. The van der Waals surface area contributed by atoms with Crippen molar-refractivity contribution in [1.82, 2.24) is 0 Å². The van der Waals surface area contributed by atoms with Crippen molar-refractivity contribution in [2.75, 3.05) is 5.32 Å². The van der Waals surface area contributed by atoms with E-state index in [1.165, 1.54) is 0 Å². The molecule has 20 heavy (non-hydrogen) atoms. The Kier molecular flexibility index (Phi) is 4.93. The molecule has 0 bridgehead atoms. The van der Waals surface area contributed by atoms with Crippen LogP contribution in [0.5, 0.6) is 0 Å². The minimum atomic E-state index is -0.565. The molecular weight excluding hydrogens is 316 g/mol. The van der Waals surface area contributed by atoms with Gasteiger partial charge in [-0.2, -0.15) is 0 Å². The van der Waals surface area contributed by atoms with E-state index in [2.05, 4.69) is 21.2 Å². The smallest absolute Gasteiger partial charge is 0.241 e. The van der Waals surface area contributed by atoms with Crippen LogP contribution in [0.1, 0.15) is 11.1 Å². The number of nitrogens with two attached hydrogens (primary N) is 1. The van der Waals surface area contributed by atoms with Crippen LogP contribution in [0.25, 0.3) is 0 Å². The number of halogens is 1. The van der Waals surface area contributed by atoms with Crippen molar-refractivity contribution in [2.24, 2.45) is 5.73 Å². The summed E-state index contributed by atoms with van der Waals surface area (Å²) in [6.07, 6.45) is 0.524. The Hall–Kier alpha value is -1.65. The molecule has 3 nitrogen and oxygen atoms in total. The Morgan fingerprint density at radius 1 is 1.25 bits per heavy atom. The van der Waals surface area contributed by atoms with E-state index in [1.807, 2.05) is 55.5 Å². The largest absolute Gasteiger partial charge is 0.324 e. The molecule has 0 radical (unpaired) electrons. The molecule has 0 aliphatic heterocycles. The predicted octanol–water partition coefficient (Wildman–Crippen LogP) is 3.27. The summed E-state index contributed by atoms with van der Waals surface area (Å²) in [7, 11) is 0.